The van der Waals surface area contributed by atoms with E-state index in [1.807, 2.05) is 6.07 Å². The van der Waals surface area contributed by atoms with Crippen LogP contribution in [0.4, 0.5) is 0 Å². The number of hydrogen-bond donors (Lipinski definition) is 2. The number of aromatic nitrogens is 3. The molecule has 0 bridgehead atoms. The van der Waals surface area contributed by atoms with Gasteiger partial charge in [-0.05, 0) is 31.5 Å². The third-order valence-corrected chi connectivity index (χ3v) is 4.24. The number of dihydropyridines is 1. The molecule has 0 saturated heterocycles. The average molecular weight is 342 g/mol. The first-order chi connectivity index (χ1) is 12.0. The van der Waals surface area contributed by atoms with E-state index in [2.05, 4.69) is 20.7 Å². The molecule has 0 atom stereocenters. The van der Waals surface area contributed by atoms with Gasteiger partial charge in [0.05, 0.1) is 31.3 Å². The second-order valence-corrected chi connectivity index (χ2v) is 5.69. The largest absolute Gasteiger partial charge is 0.466 e. The van der Waals surface area contributed by atoms with Gasteiger partial charge in [0, 0.05) is 11.4 Å². The number of hydrogen-bond acceptors (Lipinski definition) is 7. The lowest BCUT2D eigenvalue weighted by Gasteiger charge is -2.30. The Hall–Kier alpha value is -3.16. The number of ether oxygens (including phenoxy) is 2. The maximum absolute atomic E-state index is 12.4. The number of aromatic amines is 1. The van der Waals surface area contributed by atoms with Crippen molar-refractivity contribution in [3.8, 4) is 0 Å². The molecule has 2 N–H and O–H groups in total. The molecule has 0 saturated carbocycles. The molecule has 25 heavy (non-hydrogen) atoms. The van der Waals surface area contributed by atoms with Crippen molar-refractivity contribution in [3.05, 3.63) is 46.3 Å². The second kappa shape index (κ2) is 6.39. The van der Waals surface area contributed by atoms with E-state index in [4.69, 9.17) is 9.47 Å². The van der Waals surface area contributed by atoms with Gasteiger partial charge in [-0.1, -0.05) is 6.07 Å². The molecule has 8 nitrogen and oxygen atoms in total. The molecular formula is C17H18N4O4. The lowest BCUT2D eigenvalue weighted by atomic mass is 9.80. The van der Waals surface area contributed by atoms with Crippen molar-refractivity contribution in [3.63, 3.8) is 0 Å². The van der Waals surface area contributed by atoms with E-state index in [0.29, 0.717) is 33.6 Å². The molecule has 1 aromatic heterocycles. The van der Waals surface area contributed by atoms with E-state index in [0.717, 1.165) is 5.56 Å². The summed E-state index contributed by atoms with van der Waals surface area (Å²) in [6, 6.07) is 5.39. The Kier molecular flexibility index (Phi) is 4.26. The lowest BCUT2D eigenvalue weighted by Crippen LogP contribution is -2.32. The van der Waals surface area contributed by atoms with Gasteiger partial charge in [-0.25, -0.2) is 9.59 Å². The normalized spacial score (nSPS) is 15.4. The molecule has 0 fully saturated rings. The van der Waals surface area contributed by atoms with Crippen LogP contribution < -0.4 is 5.32 Å². The van der Waals surface area contributed by atoms with Gasteiger partial charge >= 0.3 is 11.9 Å². The van der Waals surface area contributed by atoms with Crippen LogP contribution in [0, 0.1) is 0 Å². The van der Waals surface area contributed by atoms with Gasteiger partial charge in [0.1, 0.15) is 11.0 Å². The van der Waals surface area contributed by atoms with Crippen LogP contribution in [0.25, 0.3) is 11.0 Å². The summed E-state index contributed by atoms with van der Waals surface area (Å²) in [7, 11) is 2.62. The van der Waals surface area contributed by atoms with Crippen molar-refractivity contribution in [2.75, 3.05) is 14.2 Å². The number of nitrogens with one attached hydrogen (secondary N) is 2. The number of esters is 2. The molecule has 2 aromatic rings. The Morgan fingerprint density at radius 3 is 2.08 bits per heavy atom. The molecule has 2 heterocycles. The molecule has 1 aliphatic heterocycles. The summed E-state index contributed by atoms with van der Waals surface area (Å²) >= 11 is 0. The number of carbonyl (C=O) groups excluding carboxylic acids is 2. The molecular weight excluding hydrogens is 324 g/mol. The molecule has 8 heteroatoms. The number of nitrogens with zero attached hydrogens (tertiary/aromatic N) is 2. The smallest absolute Gasteiger partial charge is 0.336 e. The highest BCUT2D eigenvalue weighted by Gasteiger charge is 2.37. The van der Waals surface area contributed by atoms with E-state index in [9.17, 15) is 9.59 Å². The topological polar surface area (TPSA) is 106 Å². The zero-order valence-corrected chi connectivity index (χ0v) is 14.3. The van der Waals surface area contributed by atoms with Crippen LogP contribution in [0.15, 0.2) is 40.7 Å². The fourth-order valence-corrected chi connectivity index (χ4v) is 3.13. The van der Waals surface area contributed by atoms with Gasteiger partial charge in [-0.2, -0.15) is 15.4 Å². The van der Waals surface area contributed by atoms with Crippen molar-refractivity contribution in [2.45, 2.75) is 19.8 Å². The number of benzene rings is 1. The van der Waals surface area contributed by atoms with Gasteiger partial charge in [-0.3, -0.25) is 0 Å². The van der Waals surface area contributed by atoms with E-state index < -0.39 is 17.9 Å². The molecule has 1 aliphatic rings. The fourth-order valence-electron chi connectivity index (χ4n) is 3.13. The van der Waals surface area contributed by atoms with E-state index >= 15 is 0 Å². The maximum atomic E-state index is 12.4. The summed E-state index contributed by atoms with van der Waals surface area (Å²) in [5.74, 6) is -1.64. The molecule has 130 valence electrons. The minimum absolute atomic E-state index is 0.358. The van der Waals surface area contributed by atoms with E-state index in [1.54, 1.807) is 26.0 Å². The van der Waals surface area contributed by atoms with Gasteiger partial charge in [0.15, 0.2) is 0 Å². The second-order valence-electron chi connectivity index (χ2n) is 5.69. The summed E-state index contributed by atoms with van der Waals surface area (Å²) in [6.45, 7) is 3.54. The quantitative estimate of drug-likeness (QED) is 0.815. The predicted octanol–water partition coefficient (Wildman–Crippen LogP) is 1.54. The zero-order chi connectivity index (χ0) is 18.1. The van der Waals surface area contributed by atoms with Gasteiger partial charge in [0.25, 0.3) is 0 Å². The number of allylic oxidation sites excluding steroid dienone is 2. The Morgan fingerprint density at radius 1 is 0.960 bits per heavy atom. The third-order valence-electron chi connectivity index (χ3n) is 4.24. The Bertz CT molecular complexity index is 888. The summed E-state index contributed by atoms with van der Waals surface area (Å²) in [6.07, 6.45) is 0. The molecule has 0 radical (unpaired) electrons. The molecule has 3 rings (SSSR count). The van der Waals surface area contributed by atoms with Crippen molar-refractivity contribution in [2.24, 2.45) is 0 Å². The van der Waals surface area contributed by atoms with Crippen LogP contribution in [0.3, 0.4) is 0 Å². The van der Waals surface area contributed by atoms with Crippen molar-refractivity contribution < 1.29 is 19.1 Å². The monoisotopic (exact) mass is 342 g/mol. The minimum atomic E-state index is -0.623. The highest BCUT2D eigenvalue weighted by atomic mass is 16.5. The Balaban J connectivity index is 2.23. The van der Waals surface area contributed by atoms with Crippen LogP contribution in [0.2, 0.25) is 0 Å². The minimum Gasteiger partial charge on any atom is -0.466 e. The average Bonchev–Trinajstić information content (AvgIpc) is 3.07. The molecule has 0 spiro atoms. The highest BCUT2D eigenvalue weighted by molar-refractivity contribution is 6.00. The first kappa shape index (κ1) is 16.7. The van der Waals surface area contributed by atoms with Crippen molar-refractivity contribution >= 4 is 23.0 Å². The van der Waals surface area contributed by atoms with Gasteiger partial charge in [-0.15, -0.1) is 0 Å². The van der Waals surface area contributed by atoms with Gasteiger partial charge < -0.3 is 14.8 Å². The summed E-state index contributed by atoms with van der Waals surface area (Å²) in [5, 5.41) is 13.7. The van der Waals surface area contributed by atoms with Crippen molar-refractivity contribution in [1.29, 1.82) is 0 Å². The number of fused-ring (bicyclic) bond motifs is 1. The van der Waals surface area contributed by atoms with Crippen LogP contribution in [-0.2, 0) is 19.1 Å². The van der Waals surface area contributed by atoms with Gasteiger partial charge in [0.2, 0.25) is 0 Å². The fraction of sp³-hybridized carbons (Fsp3) is 0.294. The number of methoxy groups -OCH3 is 2. The number of carbonyl (C=O) groups is 2. The van der Waals surface area contributed by atoms with Crippen molar-refractivity contribution in [1.82, 2.24) is 20.7 Å². The molecule has 0 unspecified atom stereocenters. The first-order valence-electron chi connectivity index (χ1n) is 7.63. The summed E-state index contributed by atoms with van der Waals surface area (Å²) in [5.41, 5.74) is 4.03. The van der Waals surface area contributed by atoms with E-state index in [-0.39, 0.29) is 0 Å². The summed E-state index contributed by atoms with van der Waals surface area (Å²) in [4.78, 5) is 24.8. The Labute approximate surface area is 143 Å². The molecule has 1 aromatic carbocycles. The maximum Gasteiger partial charge on any atom is 0.336 e. The standard InChI is InChI=1S/C17H18N4O4/c1-8-13(16(22)24-3)15(14(9(2)18-8)17(23)25-4)10-5-6-11-12(7-10)20-21-19-11/h5-7,15,18H,1-4H3,(H,19,20,21). The highest BCUT2D eigenvalue weighted by Crippen LogP contribution is 2.39. The van der Waals surface area contributed by atoms with Crippen LogP contribution in [0.1, 0.15) is 25.3 Å². The first-order valence-corrected chi connectivity index (χ1v) is 7.63. The van der Waals surface area contributed by atoms with Crippen LogP contribution in [0.5, 0.6) is 0 Å². The SMILES string of the molecule is COC(=O)C1=C(C)NC(C)=C(C(=O)OC)C1c1ccc2n[nH]nc2c1. The zero-order valence-electron chi connectivity index (χ0n) is 14.3. The summed E-state index contributed by atoms with van der Waals surface area (Å²) < 4.78 is 9.87. The lowest BCUT2D eigenvalue weighted by molar-refractivity contribution is -0.137. The third kappa shape index (κ3) is 2.75. The number of rotatable bonds is 3. The van der Waals surface area contributed by atoms with Crippen LogP contribution >= 0.6 is 0 Å². The molecule has 0 aliphatic carbocycles. The van der Waals surface area contributed by atoms with Crippen LogP contribution in [-0.4, -0.2) is 41.6 Å². The Morgan fingerprint density at radius 2 is 1.52 bits per heavy atom. The molecule has 0 amide bonds. The van der Waals surface area contributed by atoms with E-state index in [1.165, 1.54) is 14.2 Å². The number of H-pyrrole nitrogens is 1. The predicted molar refractivity (Wildman–Crippen MR) is 89.2 cm³/mol.